The van der Waals surface area contributed by atoms with Gasteiger partial charge in [-0.05, 0) is 38.0 Å². The zero-order chi connectivity index (χ0) is 20.8. The molecule has 0 saturated carbocycles. The summed E-state index contributed by atoms with van der Waals surface area (Å²) in [6.45, 7) is 4.02. The second-order valence-electron chi connectivity index (χ2n) is 7.62. The second kappa shape index (κ2) is 13.6. The van der Waals surface area contributed by atoms with E-state index in [4.69, 9.17) is 4.74 Å². The Morgan fingerprint density at radius 3 is 2.00 bits per heavy atom. The van der Waals surface area contributed by atoms with Crippen LogP contribution in [-0.2, 0) is 10.9 Å². The fourth-order valence-electron chi connectivity index (χ4n) is 3.23. The van der Waals surface area contributed by atoms with Gasteiger partial charge >= 0.3 is 12.1 Å². The Hall–Kier alpha value is -1.52. The lowest BCUT2D eigenvalue weighted by molar-refractivity contribution is -0.137. The number of unbranched alkanes of at least 4 members (excludes halogenated alkanes) is 10. The van der Waals surface area contributed by atoms with Crippen LogP contribution in [0.15, 0.2) is 24.3 Å². The van der Waals surface area contributed by atoms with Gasteiger partial charge in [-0.2, -0.15) is 13.2 Å². The van der Waals surface area contributed by atoms with Crippen LogP contribution in [-0.4, -0.2) is 12.1 Å². The average molecular weight is 401 g/mol. The van der Waals surface area contributed by atoms with E-state index in [0.717, 1.165) is 31.4 Å². The number of benzene rings is 1. The molecule has 0 aromatic heterocycles. The van der Waals surface area contributed by atoms with Crippen LogP contribution in [0.1, 0.15) is 107 Å². The molecule has 5 heteroatoms. The number of hydrogen-bond acceptors (Lipinski definition) is 2. The molecule has 2 nitrogen and oxygen atoms in total. The maximum absolute atomic E-state index is 12.7. The van der Waals surface area contributed by atoms with Gasteiger partial charge in [0, 0.05) is 0 Å². The van der Waals surface area contributed by atoms with Crippen molar-refractivity contribution >= 4 is 5.97 Å². The van der Waals surface area contributed by atoms with E-state index in [2.05, 4.69) is 6.92 Å². The monoisotopic (exact) mass is 400 g/mol. The Kier molecular flexibility index (Phi) is 11.9. The zero-order valence-electron chi connectivity index (χ0n) is 17.3. The van der Waals surface area contributed by atoms with Crippen molar-refractivity contribution in [3.05, 3.63) is 35.4 Å². The number of carbonyl (C=O) groups excluding carboxylic acids is 1. The van der Waals surface area contributed by atoms with Crippen molar-refractivity contribution in [1.82, 2.24) is 0 Å². The molecule has 0 spiro atoms. The number of carbonyl (C=O) groups is 1. The highest BCUT2D eigenvalue weighted by atomic mass is 19.4. The first-order valence-electron chi connectivity index (χ1n) is 10.7. The summed E-state index contributed by atoms with van der Waals surface area (Å²) in [4.78, 5) is 12.0. The van der Waals surface area contributed by atoms with Crippen LogP contribution in [0.4, 0.5) is 13.2 Å². The highest BCUT2D eigenvalue weighted by Crippen LogP contribution is 2.29. The largest absolute Gasteiger partial charge is 0.459 e. The first-order valence-corrected chi connectivity index (χ1v) is 10.7. The molecule has 0 saturated heterocycles. The number of halogens is 3. The number of rotatable bonds is 14. The molecule has 0 heterocycles. The quantitative estimate of drug-likeness (QED) is 0.234. The van der Waals surface area contributed by atoms with Gasteiger partial charge in [0.05, 0.1) is 17.2 Å². The Labute approximate surface area is 167 Å². The number of hydrogen-bond donors (Lipinski definition) is 0. The van der Waals surface area contributed by atoms with Gasteiger partial charge in [0.2, 0.25) is 0 Å². The summed E-state index contributed by atoms with van der Waals surface area (Å²) in [5.74, 6) is -0.693. The van der Waals surface area contributed by atoms with E-state index in [1.165, 1.54) is 69.9 Å². The van der Waals surface area contributed by atoms with Gasteiger partial charge in [-0.3, -0.25) is 0 Å². The molecule has 1 aromatic carbocycles. The molecule has 0 amide bonds. The van der Waals surface area contributed by atoms with Gasteiger partial charge in [-0.15, -0.1) is 0 Å². The van der Waals surface area contributed by atoms with Crippen LogP contribution >= 0.6 is 0 Å². The van der Waals surface area contributed by atoms with Crippen LogP contribution in [0.3, 0.4) is 0 Å². The van der Waals surface area contributed by atoms with E-state index in [0.29, 0.717) is 0 Å². The third-order valence-electron chi connectivity index (χ3n) is 4.95. The molecular formula is C23H35F3O2. The summed E-state index contributed by atoms with van der Waals surface area (Å²) in [5, 5.41) is 0. The van der Waals surface area contributed by atoms with E-state index < -0.39 is 17.7 Å². The highest BCUT2D eigenvalue weighted by Gasteiger charge is 2.31. The molecule has 0 aliphatic carbocycles. The molecule has 0 N–H and O–H groups in total. The lowest BCUT2D eigenvalue weighted by atomic mass is 10.0. The molecule has 1 rings (SSSR count). The minimum atomic E-state index is -4.46. The van der Waals surface area contributed by atoms with Gasteiger partial charge in [0.1, 0.15) is 0 Å². The molecule has 0 radical (unpaired) electrons. The van der Waals surface area contributed by atoms with Crippen LogP contribution in [0.2, 0.25) is 0 Å². The minimum absolute atomic E-state index is 0.0550. The number of alkyl halides is 3. The lowest BCUT2D eigenvalue weighted by Gasteiger charge is -2.14. The SMILES string of the molecule is CCCCCCCCCCCCCC(C)OC(=O)c1cccc(C(F)(F)F)c1. The molecular weight excluding hydrogens is 365 g/mol. The first kappa shape index (κ1) is 24.5. The molecule has 28 heavy (non-hydrogen) atoms. The molecule has 1 unspecified atom stereocenters. The van der Waals surface area contributed by atoms with Crippen LogP contribution in [0, 0.1) is 0 Å². The van der Waals surface area contributed by atoms with Crippen molar-refractivity contribution in [1.29, 1.82) is 0 Å². The van der Waals surface area contributed by atoms with Crippen LogP contribution < -0.4 is 0 Å². The summed E-state index contributed by atoms with van der Waals surface area (Å²) in [7, 11) is 0. The van der Waals surface area contributed by atoms with Crippen molar-refractivity contribution in [2.45, 2.75) is 103 Å². The Balaban J connectivity index is 2.13. The highest BCUT2D eigenvalue weighted by molar-refractivity contribution is 5.89. The van der Waals surface area contributed by atoms with Gasteiger partial charge in [0.25, 0.3) is 0 Å². The number of ether oxygens (including phenoxy) is 1. The molecule has 0 bridgehead atoms. The van der Waals surface area contributed by atoms with Crippen molar-refractivity contribution in [3.63, 3.8) is 0 Å². The summed E-state index contributed by atoms with van der Waals surface area (Å²) < 4.78 is 43.5. The van der Waals surface area contributed by atoms with E-state index in [1.54, 1.807) is 6.92 Å². The smallest absolute Gasteiger partial charge is 0.416 e. The molecule has 0 aliphatic rings. The zero-order valence-corrected chi connectivity index (χ0v) is 17.3. The summed E-state index contributed by atoms with van der Waals surface area (Å²) in [6.07, 6.45) is 9.74. The van der Waals surface area contributed by atoms with Gasteiger partial charge in [0.15, 0.2) is 0 Å². The maximum atomic E-state index is 12.7. The number of esters is 1. The second-order valence-corrected chi connectivity index (χ2v) is 7.62. The average Bonchev–Trinajstić information content (AvgIpc) is 2.65. The maximum Gasteiger partial charge on any atom is 0.416 e. The predicted octanol–water partition coefficient (Wildman–Crippen LogP) is 7.95. The third-order valence-corrected chi connectivity index (χ3v) is 4.95. The van der Waals surface area contributed by atoms with Crippen molar-refractivity contribution in [3.8, 4) is 0 Å². The fraction of sp³-hybridized carbons (Fsp3) is 0.696. The molecule has 0 fully saturated rings. The van der Waals surface area contributed by atoms with Gasteiger partial charge in [-0.1, -0.05) is 77.2 Å². The summed E-state index contributed by atoms with van der Waals surface area (Å²) >= 11 is 0. The van der Waals surface area contributed by atoms with E-state index in [1.807, 2.05) is 0 Å². The van der Waals surface area contributed by atoms with E-state index in [-0.39, 0.29) is 11.7 Å². The van der Waals surface area contributed by atoms with E-state index in [9.17, 15) is 18.0 Å². The molecule has 160 valence electrons. The van der Waals surface area contributed by atoms with Gasteiger partial charge < -0.3 is 4.74 Å². The summed E-state index contributed by atoms with van der Waals surface area (Å²) in [5.41, 5.74) is -0.888. The lowest BCUT2D eigenvalue weighted by Crippen LogP contribution is -2.16. The third kappa shape index (κ3) is 10.7. The Morgan fingerprint density at radius 2 is 1.46 bits per heavy atom. The molecule has 1 aromatic rings. The first-order chi connectivity index (χ1) is 13.3. The topological polar surface area (TPSA) is 26.3 Å². The standard InChI is InChI=1S/C23H35F3O2/c1-3-4-5-6-7-8-9-10-11-12-13-15-19(2)28-22(27)20-16-14-17-21(18-20)23(24,25)26/h14,16-19H,3-13,15H2,1-2H3. The van der Waals surface area contributed by atoms with Crippen molar-refractivity contribution in [2.24, 2.45) is 0 Å². The fourth-order valence-corrected chi connectivity index (χ4v) is 3.23. The molecule has 1 atom stereocenters. The Morgan fingerprint density at radius 1 is 0.929 bits per heavy atom. The van der Waals surface area contributed by atoms with Crippen LogP contribution in [0.25, 0.3) is 0 Å². The predicted molar refractivity (Wildman–Crippen MR) is 107 cm³/mol. The minimum Gasteiger partial charge on any atom is -0.459 e. The molecule has 0 aliphatic heterocycles. The normalized spacial score (nSPS) is 12.8. The van der Waals surface area contributed by atoms with E-state index >= 15 is 0 Å². The Bertz CT molecular complexity index is 555. The van der Waals surface area contributed by atoms with Crippen molar-refractivity contribution in [2.75, 3.05) is 0 Å². The van der Waals surface area contributed by atoms with Gasteiger partial charge in [-0.25, -0.2) is 4.79 Å². The van der Waals surface area contributed by atoms with Crippen molar-refractivity contribution < 1.29 is 22.7 Å². The summed E-state index contributed by atoms with van der Waals surface area (Å²) in [6, 6.07) is 4.38. The van der Waals surface area contributed by atoms with Crippen LogP contribution in [0.5, 0.6) is 0 Å².